The second kappa shape index (κ2) is 7.76. The Labute approximate surface area is 114 Å². The Morgan fingerprint density at radius 2 is 2.16 bits per heavy atom. The van der Waals surface area contributed by atoms with Crippen LogP contribution in [0.25, 0.3) is 0 Å². The van der Waals surface area contributed by atoms with Crippen LogP contribution < -0.4 is 15.8 Å². The summed E-state index contributed by atoms with van der Waals surface area (Å²) in [5.41, 5.74) is 6.48. The maximum atomic E-state index is 11.8. The van der Waals surface area contributed by atoms with Crippen LogP contribution in [0.4, 0.5) is 0 Å². The molecule has 0 fully saturated rings. The second-order valence-electron chi connectivity index (χ2n) is 4.36. The molecule has 0 aliphatic rings. The third-order valence-corrected chi connectivity index (χ3v) is 2.98. The third kappa shape index (κ3) is 4.89. The van der Waals surface area contributed by atoms with E-state index >= 15 is 0 Å². The minimum absolute atomic E-state index is 0.0763. The molecule has 0 heterocycles. The first-order valence-electron chi connectivity index (χ1n) is 6.26. The fourth-order valence-corrected chi connectivity index (χ4v) is 1.76. The molecule has 0 radical (unpaired) electrons. The summed E-state index contributed by atoms with van der Waals surface area (Å²) in [5.74, 6) is 0.697. The van der Waals surface area contributed by atoms with E-state index in [1.165, 1.54) is 0 Å². The lowest BCUT2D eigenvalue weighted by Crippen LogP contribution is -2.33. The third-order valence-electron chi connectivity index (χ3n) is 2.98. The fraction of sp³-hybridized carbons (Fsp3) is 0.500. The first-order valence-corrected chi connectivity index (χ1v) is 6.26. The Balaban J connectivity index is 2.58. The van der Waals surface area contributed by atoms with Gasteiger partial charge in [0, 0.05) is 13.7 Å². The largest absolute Gasteiger partial charge is 0.497 e. The first kappa shape index (κ1) is 15.5. The maximum Gasteiger partial charge on any atom is 0.223 e. The number of rotatable bonds is 7. The average Bonchev–Trinajstić information content (AvgIpc) is 2.44. The van der Waals surface area contributed by atoms with E-state index in [1.54, 1.807) is 14.2 Å². The van der Waals surface area contributed by atoms with Crippen LogP contribution in [-0.2, 0) is 9.53 Å². The molecule has 1 unspecified atom stereocenters. The van der Waals surface area contributed by atoms with Crippen LogP contribution in [0.1, 0.15) is 24.9 Å². The van der Waals surface area contributed by atoms with Gasteiger partial charge in [0.05, 0.1) is 25.7 Å². The molecular weight excluding hydrogens is 244 g/mol. The van der Waals surface area contributed by atoms with Crippen LogP contribution in [0.5, 0.6) is 5.75 Å². The van der Waals surface area contributed by atoms with E-state index in [2.05, 4.69) is 5.32 Å². The molecule has 0 saturated carbocycles. The van der Waals surface area contributed by atoms with Gasteiger partial charge in [0.25, 0.3) is 0 Å². The van der Waals surface area contributed by atoms with Crippen molar-refractivity contribution in [2.75, 3.05) is 20.8 Å². The number of carbonyl (C=O) groups excluding carboxylic acids is 1. The van der Waals surface area contributed by atoms with Gasteiger partial charge in [0.1, 0.15) is 5.75 Å². The Morgan fingerprint density at radius 3 is 2.74 bits per heavy atom. The van der Waals surface area contributed by atoms with Crippen molar-refractivity contribution in [3.63, 3.8) is 0 Å². The highest BCUT2D eigenvalue weighted by atomic mass is 16.5. The van der Waals surface area contributed by atoms with Crippen molar-refractivity contribution in [1.82, 2.24) is 5.32 Å². The molecular formula is C14H22N2O3. The molecule has 1 aromatic rings. The highest BCUT2D eigenvalue weighted by Gasteiger charge is 2.14. The summed E-state index contributed by atoms with van der Waals surface area (Å²) in [6, 6.07) is 7.53. The normalized spacial score (nSPS) is 13.7. The molecule has 1 amide bonds. The molecule has 5 heteroatoms. The molecule has 0 aromatic heterocycles. The molecule has 3 N–H and O–H groups in total. The van der Waals surface area contributed by atoms with Gasteiger partial charge < -0.3 is 20.5 Å². The van der Waals surface area contributed by atoms with Gasteiger partial charge in [-0.3, -0.25) is 4.79 Å². The maximum absolute atomic E-state index is 11.8. The smallest absolute Gasteiger partial charge is 0.223 e. The van der Waals surface area contributed by atoms with Crippen molar-refractivity contribution in [3.05, 3.63) is 29.8 Å². The zero-order valence-electron chi connectivity index (χ0n) is 11.7. The molecule has 5 nitrogen and oxygen atoms in total. The summed E-state index contributed by atoms with van der Waals surface area (Å²) in [6.07, 6.45) is 0.0268. The number of benzene rings is 1. The number of carbonyl (C=O) groups is 1. The quantitative estimate of drug-likeness (QED) is 0.778. The highest BCUT2D eigenvalue weighted by Crippen LogP contribution is 2.18. The van der Waals surface area contributed by atoms with E-state index < -0.39 is 0 Å². The Hall–Kier alpha value is -1.59. The topological polar surface area (TPSA) is 73.6 Å². The van der Waals surface area contributed by atoms with Gasteiger partial charge in [-0.25, -0.2) is 0 Å². The lowest BCUT2D eigenvalue weighted by Gasteiger charge is -2.17. The molecule has 1 rings (SSSR count). The van der Waals surface area contributed by atoms with Crippen molar-refractivity contribution >= 4 is 5.91 Å². The number of ether oxygens (including phenoxy) is 2. The monoisotopic (exact) mass is 266 g/mol. The SMILES string of the molecule is COc1cccc([C@@H](C)NC(=O)CC(CN)OC)c1. The van der Waals surface area contributed by atoms with Crippen LogP contribution in [-0.4, -0.2) is 32.8 Å². The van der Waals surface area contributed by atoms with Crippen LogP contribution in [0, 0.1) is 0 Å². The zero-order valence-corrected chi connectivity index (χ0v) is 11.7. The predicted molar refractivity (Wildman–Crippen MR) is 74.0 cm³/mol. The van der Waals surface area contributed by atoms with E-state index in [9.17, 15) is 4.79 Å². The van der Waals surface area contributed by atoms with Crippen molar-refractivity contribution < 1.29 is 14.3 Å². The van der Waals surface area contributed by atoms with Crippen LogP contribution in [0.2, 0.25) is 0 Å². The summed E-state index contributed by atoms with van der Waals surface area (Å²) < 4.78 is 10.2. The molecule has 0 bridgehead atoms. The Bertz CT molecular complexity index is 405. The molecule has 106 valence electrons. The number of methoxy groups -OCH3 is 2. The first-order chi connectivity index (χ1) is 9.10. The van der Waals surface area contributed by atoms with Gasteiger partial charge in [-0.15, -0.1) is 0 Å². The van der Waals surface area contributed by atoms with E-state index in [-0.39, 0.29) is 24.5 Å². The van der Waals surface area contributed by atoms with Crippen molar-refractivity contribution in [1.29, 1.82) is 0 Å². The van der Waals surface area contributed by atoms with E-state index in [0.29, 0.717) is 6.54 Å². The van der Waals surface area contributed by atoms with Gasteiger partial charge in [0.15, 0.2) is 0 Å². The van der Waals surface area contributed by atoms with Crippen molar-refractivity contribution in [2.24, 2.45) is 5.73 Å². The molecule has 0 saturated heterocycles. The summed E-state index contributed by atoms with van der Waals surface area (Å²) in [6.45, 7) is 2.26. The summed E-state index contributed by atoms with van der Waals surface area (Å²) in [4.78, 5) is 11.8. The van der Waals surface area contributed by atoms with Crippen LogP contribution in [0.3, 0.4) is 0 Å². The number of hydrogen-bond donors (Lipinski definition) is 2. The minimum atomic E-state index is -0.238. The van der Waals surface area contributed by atoms with Gasteiger partial charge >= 0.3 is 0 Å². The van der Waals surface area contributed by atoms with Gasteiger partial charge in [-0.2, -0.15) is 0 Å². The average molecular weight is 266 g/mol. The van der Waals surface area contributed by atoms with Crippen LogP contribution in [0.15, 0.2) is 24.3 Å². The number of amides is 1. The predicted octanol–water partition coefficient (Wildman–Crippen LogP) is 1.24. The summed E-state index contributed by atoms with van der Waals surface area (Å²) in [5, 5.41) is 2.92. The molecule has 0 aliphatic carbocycles. The van der Waals surface area contributed by atoms with Gasteiger partial charge in [-0.1, -0.05) is 12.1 Å². The second-order valence-corrected chi connectivity index (χ2v) is 4.36. The van der Waals surface area contributed by atoms with Crippen molar-refractivity contribution in [2.45, 2.75) is 25.5 Å². The summed E-state index contributed by atoms with van der Waals surface area (Å²) >= 11 is 0. The lowest BCUT2D eigenvalue weighted by atomic mass is 10.1. The molecule has 19 heavy (non-hydrogen) atoms. The lowest BCUT2D eigenvalue weighted by molar-refractivity contribution is -0.124. The zero-order chi connectivity index (χ0) is 14.3. The number of hydrogen-bond acceptors (Lipinski definition) is 4. The van der Waals surface area contributed by atoms with E-state index in [1.807, 2.05) is 31.2 Å². The number of nitrogens with one attached hydrogen (secondary N) is 1. The molecule has 0 spiro atoms. The Morgan fingerprint density at radius 1 is 1.42 bits per heavy atom. The molecule has 1 aromatic carbocycles. The van der Waals surface area contributed by atoms with Gasteiger partial charge in [-0.05, 0) is 24.6 Å². The highest BCUT2D eigenvalue weighted by molar-refractivity contribution is 5.77. The van der Waals surface area contributed by atoms with Crippen molar-refractivity contribution in [3.8, 4) is 5.75 Å². The standard InChI is InChI=1S/C14H22N2O3/c1-10(11-5-4-6-12(7-11)18-2)16-14(17)8-13(9-15)19-3/h4-7,10,13H,8-9,15H2,1-3H3,(H,16,17)/t10-,13?/m1/s1. The fourth-order valence-electron chi connectivity index (χ4n) is 1.76. The molecule has 0 aliphatic heterocycles. The molecule has 2 atom stereocenters. The van der Waals surface area contributed by atoms with E-state index in [0.717, 1.165) is 11.3 Å². The van der Waals surface area contributed by atoms with Gasteiger partial charge in [0.2, 0.25) is 5.91 Å². The number of nitrogens with two attached hydrogens (primary N) is 1. The minimum Gasteiger partial charge on any atom is -0.497 e. The Kier molecular flexibility index (Phi) is 6.32. The van der Waals surface area contributed by atoms with Crippen LogP contribution >= 0.6 is 0 Å². The van der Waals surface area contributed by atoms with E-state index in [4.69, 9.17) is 15.2 Å². The summed E-state index contributed by atoms with van der Waals surface area (Å²) in [7, 11) is 3.17.